The third-order valence-electron chi connectivity index (χ3n) is 2.84. The average Bonchev–Trinajstić information content (AvgIpc) is 2.65. The smallest absolute Gasteiger partial charge is 0.244 e. The maximum atomic E-state index is 13.0. The first kappa shape index (κ1) is 13.8. The fourth-order valence-electron chi connectivity index (χ4n) is 2.01. The van der Waals surface area contributed by atoms with Gasteiger partial charge in [0, 0.05) is 11.6 Å². The van der Waals surface area contributed by atoms with Gasteiger partial charge in [-0.2, -0.15) is 5.10 Å². The summed E-state index contributed by atoms with van der Waals surface area (Å²) in [6.07, 6.45) is -5.73. The number of fused-ring (bicyclic) bond motifs is 1. The van der Waals surface area contributed by atoms with Gasteiger partial charge in [0.1, 0.15) is 5.69 Å². The van der Waals surface area contributed by atoms with Crippen molar-refractivity contribution in [3.63, 3.8) is 0 Å². The molecule has 2 aromatic rings. The van der Waals surface area contributed by atoms with E-state index in [1.165, 1.54) is 4.68 Å². The minimum Gasteiger partial charge on any atom is -0.244 e. The van der Waals surface area contributed by atoms with E-state index in [9.17, 15) is 17.6 Å². The van der Waals surface area contributed by atoms with Crippen molar-refractivity contribution in [3.8, 4) is 0 Å². The van der Waals surface area contributed by atoms with Crippen molar-refractivity contribution in [2.75, 3.05) is 0 Å². The van der Waals surface area contributed by atoms with E-state index in [-0.39, 0.29) is 17.1 Å². The number of pyridine rings is 1. The van der Waals surface area contributed by atoms with E-state index in [2.05, 4.69) is 10.1 Å². The van der Waals surface area contributed by atoms with Gasteiger partial charge in [0.2, 0.25) is 0 Å². The predicted octanol–water partition coefficient (Wildman–Crippen LogP) is 4.20. The fraction of sp³-hybridized carbons (Fsp3) is 0.500. The molecular formula is C12H13F4N3. The molecule has 0 saturated carbocycles. The first-order chi connectivity index (χ1) is 8.82. The number of hydrogen-bond donors (Lipinski definition) is 0. The molecule has 0 spiro atoms. The minimum absolute atomic E-state index is 0.0839. The van der Waals surface area contributed by atoms with Crippen LogP contribution < -0.4 is 0 Å². The van der Waals surface area contributed by atoms with Gasteiger partial charge in [-0.1, -0.05) is 0 Å². The van der Waals surface area contributed by atoms with Crippen LogP contribution in [0.3, 0.4) is 0 Å². The summed E-state index contributed by atoms with van der Waals surface area (Å²) in [4.78, 5) is 3.78. The molecule has 2 rings (SSSR count). The molecular weight excluding hydrogens is 262 g/mol. The lowest BCUT2D eigenvalue weighted by Crippen LogP contribution is -2.05. The number of aryl methyl sites for hydroxylation is 1. The van der Waals surface area contributed by atoms with Crippen LogP contribution in [0.25, 0.3) is 11.0 Å². The van der Waals surface area contributed by atoms with Crippen LogP contribution in [0, 0.1) is 6.92 Å². The van der Waals surface area contributed by atoms with Gasteiger partial charge in [-0.15, -0.1) is 0 Å². The average molecular weight is 275 g/mol. The van der Waals surface area contributed by atoms with Crippen molar-refractivity contribution < 1.29 is 17.6 Å². The Morgan fingerprint density at radius 3 is 2.21 bits per heavy atom. The second kappa shape index (κ2) is 4.79. The molecule has 7 heteroatoms. The van der Waals surface area contributed by atoms with E-state index in [1.54, 1.807) is 20.8 Å². The summed E-state index contributed by atoms with van der Waals surface area (Å²) in [5.41, 5.74) is -0.637. The monoisotopic (exact) mass is 275 g/mol. The molecule has 0 aliphatic heterocycles. The second-order valence-corrected chi connectivity index (χ2v) is 4.56. The van der Waals surface area contributed by atoms with Gasteiger partial charge in [-0.3, -0.25) is 0 Å². The second-order valence-electron chi connectivity index (χ2n) is 4.56. The van der Waals surface area contributed by atoms with Crippen LogP contribution in [0.4, 0.5) is 17.6 Å². The summed E-state index contributed by atoms with van der Waals surface area (Å²) >= 11 is 0. The highest BCUT2D eigenvalue weighted by Gasteiger charge is 2.23. The highest BCUT2D eigenvalue weighted by Crippen LogP contribution is 2.33. The number of halogens is 4. The molecule has 2 aromatic heterocycles. The van der Waals surface area contributed by atoms with Crippen molar-refractivity contribution in [2.24, 2.45) is 0 Å². The van der Waals surface area contributed by atoms with Gasteiger partial charge < -0.3 is 0 Å². The molecule has 0 fully saturated rings. The van der Waals surface area contributed by atoms with E-state index in [1.807, 2.05) is 0 Å². The number of hydrogen-bond acceptors (Lipinski definition) is 2. The number of rotatable bonds is 3. The zero-order valence-electron chi connectivity index (χ0n) is 10.7. The van der Waals surface area contributed by atoms with Crippen molar-refractivity contribution >= 4 is 11.0 Å². The lowest BCUT2D eigenvalue weighted by molar-refractivity contribution is 0.141. The molecule has 0 aliphatic rings. The largest absolute Gasteiger partial charge is 0.280 e. The number of nitrogens with zero attached hydrogens (tertiary/aromatic N) is 3. The Labute approximate surface area is 107 Å². The first-order valence-electron chi connectivity index (χ1n) is 5.78. The predicted molar refractivity (Wildman–Crippen MR) is 62.6 cm³/mol. The Morgan fingerprint density at radius 1 is 1.11 bits per heavy atom. The molecule has 3 nitrogen and oxygen atoms in total. The lowest BCUT2D eigenvalue weighted by atomic mass is 10.1. The van der Waals surface area contributed by atoms with Crippen LogP contribution in [-0.2, 0) is 0 Å². The molecule has 0 unspecified atom stereocenters. The van der Waals surface area contributed by atoms with Crippen LogP contribution in [0.5, 0.6) is 0 Å². The van der Waals surface area contributed by atoms with Crippen LogP contribution in [0.15, 0.2) is 6.07 Å². The third-order valence-corrected chi connectivity index (χ3v) is 2.84. The zero-order chi connectivity index (χ0) is 14.3. The summed E-state index contributed by atoms with van der Waals surface area (Å²) in [7, 11) is 0. The third kappa shape index (κ3) is 2.29. The summed E-state index contributed by atoms with van der Waals surface area (Å²) in [5.74, 6) is 0. The number of aromatic nitrogens is 3. The molecule has 0 aromatic carbocycles. The first-order valence-corrected chi connectivity index (χ1v) is 5.78. The van der Waals surface area contributed by atoms with Gasteiger partial charge in [0.05, 0.1) is 11.1 Å². The van der Waals surface area contributed by atoms with Crippen LogP contribution >= 0.6 is 0 Å². The van der Waals surface area contributed by atoms with Gasteiger partial charge in [-0.25, -0.2) is 27.2 Å². The minimum atomic E-state index is -2.89. The Kier molecular flexibility index (Phi) is 3.47. The normalized spacial score (nSPS) is 12.3. The van der Waals surface area contributed by atoms with Gasteiger partial charge in [-0.05, 0) is 26.8 Å². The van der Waals surface area contributed by atoms with Gasteiger partial charge in [0.25, 0.3) is 12.9 Å². The van der Waals surface area contributed by atoms with E-state index in [4.69, 9.17) is 0 Å². The van der Waals surface area contributed by atoms with Crippen LogP contribution in [0.1, 0.15) is 49.7 Å². The van der Waals surface area contributed by atoms with E-state index in [0.717, 1.165) is 6.07 Å². The summed E-state index contributed by atoms with van der Waals surface area (Å²) in [6.45, 7) is 5.13. The van der Waals surface area contributed by atoms with Crippen molar-refractivity contribution in [1.29, 1.82) is 0 Å². The summed E-state index contributed by atoms with van der Waals surface area (Å²) in [6, 6.07) is 0.610. The van der Waals surface area contributed by atoms with E-state index < -0.39 is 24.1 Å². The van der Waals surface area contributed by atoms with Crippen molar-refractivity contribution in [3.05, 3.63) is 23.0 Å². The van der Waals surface area contributed by atoms with Crippen molar-refractivity contribution in [1.82, 2.24) is 14.8 Å². The Balaban J connectivity index is 2.85. The SMILES string of the molecule is Cc1nn(C(C)C)c2nc(C(F)F)cc(C(F)F)c12. The molecule has 0 saturated heterocycles. The topological polar surface area (TPSA) is 30.7 Å². The van der Waals surface area contributed by atoms with Crippen molar-refractivity contribution in [2.45, 2.75) is 39.7 Å². The lowest BCUT2D eigenvalue weighted by Gasteiger charge is -2.09. The molecule has 0 aliphatic carbocycles. The molecule has 0 bridgehead atoms. The zero-order valence-corrected chi connectivity index (χ0v) is 10.7. The molecule has 104 valence electrons. The van der Waals surface area contributed by atoms with Gasteiger partial charge >= 0.3 is 0 Å². The maximum absolute atomic E-state index is 13.0. The van der Waals surface area contributed by atoms with Crippen LogP contribution in [-0.4, -0.2) is 14.8 Å². The molecule has 0 N–H and O–H groups in total. The molecule has 0 amide bonds. The quantitative estimate of drug-likeness (QED) is 0.786. The highest BCUT2D eigenvalue weighted by molar-refractivity contribution is 5.82. The fourth-order valence-corrected chi connectivity index (χ4v) is 2.01. The standard InChI is InChI=1S/C12H13F4N3/c1-5(2)19-12-9(6(3)18-19)7(10(13)14)4-8(17-12)11(15)16/h4-5,10-11H,1-3H3. The molecule has 2 heterocycles. The van der Waals surface area contributed by atoms with E-state index in [0.29, 0.717) is 5.69 Å². The van der Waals surface area contributed by atoms with E-state index >= 15 is 0 Å². The summed E-state index contributed by atoms with van der Waals surface area (Å²) < 4.78 is 52.9. The highest BCUT2D eigenvalue weighted by atomic mass is 19.3. The van der Waals surface area contributed by atoms with Crippen LogP contribution in [0.2, 0.25) is 0 Å². The Bertz CT molecular complexity index is 605. The maximum Gasteiger partial charge on any atom is 0.280 e. The number of alkyl halides is 4. The van der Waals surface area contributed by atoms with Gasteiger partial charge in [0.15, 0.2) is 5.65 Å². The molecule has 0 radical (unpaired) electrons. The Morgan fingerprint density at radius 2 is 1.74 bits per heavy atom. The Hall–Kier alpha value is -1.66. The molecule has 19 heavy (non-hydrogen) atoms. The summed E-state index contributed by atoms with van der Waals surface area (Å²) in [5, 5.41) is 4.27. The molecule has 0 atom stereocenters.